The number of piperidine rings is 1. The van der Waals surface area contributed by atoms with Crippen LogP contribution >= 0.6 is 22.6 Å². The van der Waals surface area contributed by atoms with Gasteiger partial charge in [0.15, 0.2) is 0 Å². The van der Waals surface area contributed by atoms with Gasteiger partial charge in [0.1, 0.15) is 0 Å². The molecule has 0 bridgehead atoms. The van der Waals surface area contributed by atoms with Gasteiger partial charge in [-0.2, -0.15) is 0 Å². The predicted molar refractivity (Wildman–Crippen MR) is 73.5 cm³/mol. The number of aromatic nitrogens is 2. The van der Waals surface area contributed by atoms with Crippen LogP contribution in [0.15, 0.2) is 12.4 Å². The predicted octanol–water partition coefficient (Wildman–Crippen LogP) is 1.98. The molecule has 1 saturated heterocycles. The van der Waals surface area contributed by atoms with Gasteiger partial charge in [0, 0.05) is 28.6 Å². The SMILES string of the molecule is CN1CCCCC1CNc1ncc(I)cn1. The third-order valence-corrected chi connectivity index (χ3v) is 3.59. The van der Waals surface area contributed by atoms with Crippen molar-refractivity contribution in [3.63, 3.8) is 0 Å². The number of hydrogen-bond donors (Lipinski definition) is 1. The molecule has 0 saturated carbocycles. The fourth-order valence-electron chi connectivity index (χ4n) is 2.01. The van der Waals surface area contributed by atoms with E-state index in [1.807, 2.05) is 12.4 Å². The Kier molecular flexibility index (Phi) is 4.34. The largest absolute Gasteiger partial charge is 0.353 e. The molecule has 4 nitrogen and oxygen atoms in total. The first-order valence-electron chi connectivity index (χ1n) is 5.67. The van der Waals surface area contributed by atoms with Gasteiger partial charge in [-0.1, -0.05) is 6.42 Å². The summed E-state index contributed by atoms with van der Waals surface area (Å²) < 4.78 is 1.07. The minimum Gasteiger partial charge on any atom is -0.353 e. The Labute approximate surface area is 110 Å². The molecule has 16 heavy (non-hydrogen) atoms. The molecule has 0 spiro atoms. The van der Waals surface area contributed by atoms with Gasteiger partial charge < -0.3 is 10.2 Å². The van der Waals surface area contributed by atoms with E-state index in [1.165, 1.54) is 25.8 Å². The molecule has 0 aliphatic carbocycles. The van der Waals surface area contributed by atoms with Crippen LogP contribution in [0, 0.1) is 3.57 Å². The molecule has 0 radical (unpaired) electrons. The number of nitrogens with one attached hydrogen (secondary N) is 1. The van der Waals surface area contributed by atoms with Gasteiger partial charge in [-0.05, 0) is 49.0 Å². The highest BCUT2D eigenvalue weighted by Crippen LogP contribution is 2.15. The Balaban J connectivity index is 1.84. The lowest BCUT2D eigenvalue weighted by Gasteiger charge is -2.32. The topological polar surface area (TPSA) is 41.0 Å². The van der Waals surface area contributed by atoms with Crippen LogP contribution in [-0.2, 0) is 0 Å². The molecule has 1 fully saturated rings. The summed E-state index contributed by atoms with van der Waals surface area (Å²) in [4.78, 5) is 10.9. The summed E-state index contributed by atoms with van der Waals surface area (Å²) in [5.41, 5.74) is 0. The number of nitrogens with zero attached hydrogens (tertiary/aromatic N) is 3. The molecule has 1 aromatic heterocycles. The van der Waals surface area contributed by atoms with E-state index < -0.39 is 0 Å². The lowest BCUT2D eigenvalue weighted by atomic mass is 10.0. The van der Waals surface area contributed by atoms with Crippen LogP contribution in [0.1, 0.15) is 19.3 Å². The summed E-state index contributed by atoms with van der Waals surface area (Å²) in [5, 5.41) is 3.30. The van der Waals surface area contributed by atoms with Crippen molar-refractivity contribution < 1.29 is 0 Å². The highest BCUT2D eigenvalue weighted by molar-refractivity contribution is 14.1. The van der Waals surface area contributed by atoms with Crippen molar-refractivity contribution in [2.75, 3.05) is 25.5 Å². The zero-order valence-corrected chi connectivity index (χ0v) is 11.6. The normalized spacial score (nSPS) is 22.0. The van der Waals surface area contributed by atoms with Crippen molar-refractivity contribution in [2.24, 2.45) is 0 Å². The monoisotopic (exact) mass is 332 g/mol. The molecular formula is C11H17IN4. The fraction of sp³-hybridized carbons (Fsp3) is 0.636. The summed E-state index contributed by atoms with van der Waals surface area (Å²) >= 11 is 2.21. The summed E-state index contributed by atoms with van der Waals surface area (Å²) in [6.45, 7) is 2.15. The Bertz CT molecular complexity index is 327. The van der Waals surface area contributed by atoms with Crippen molar-refractivity contribution in [1.82, 2.24) is 14.9 Å². The summed E-state index contributed by atoms with van der Waals surface area (Å²) in [6.07, 6.45) is 7.60. The zero-order chi connectivity index (χ0) is 11.4. The molecule has 2 rings (SSSR count). The molecule has 1 aliphatic heterocycles. The number of likely N-dealkylation sites (tertiary alicyclic amines) is 1. The number of likely N-dealkylation sites (N-methyl/N-ethyl adjacent to an activating group) is 1. The van der Waals surface area contributed by atoms with Crippen LogP contribution in [-0.4, -0.2) is 41.0 Å². The van der Waals surface area contributed by atoms with Crippen LogP contribution in [0.3, 0.4) is 0 Å². The van der Waals surface area contributed by atoms with Gasteiger partial charge >= 0.3 is 0 Å². The van der Waals surface area contributed by atoms with Gasteiger partial charge in [-0.3, -0.25) is 0 Å². The zero-order valence-electron chi connectivity index (χ0n) is 9.49. The van der Waals surface area contributed by atoms with Crippen LogP contribution < -0.4 is 5.32 Å². The van der Waals surface area contributed by atoms with E-state index in [-0.39, 0.29) is 0 Å². The van der Waals surface area contributed by atoms with E-state index >= 15 is 0 Å². The maximum atomic E-state index is 4.24. The first kappa shape index (κ1) is 12.0. The number of anilines is 1. The number of hydrogen-bond acceptors (Lipinski definition) is 4. The van der Waals surface area contributed by atoms with Gasteiger partial charge in [0.05, 0.1) is 0 Å². The molecule has 2 heterocycles. The molecule has 1 aliphatic rings. The van der Waals surface area contributed by atoms with Crippen LogP contribution in [0.25, 0.3) is 0 Å². The Hall–Kier alpha value is -0.430. The smallest absolute Gasteiger partial charge is 0.222 e. The van der Waals surface area contributed by atoms with Gasteiger partial charge in [-0.15, -0.1) is 0 Å². The van der Waals surface area contributed by atoms with Crippen molar-refractivity contribution in [3.05, 3.63) is 16.0 Å². The molecule has 5 heteroatoms. The van der Waals surface area contributed by atoms with E-state index in [2.05, 4.69) is 49.8 Å². The van der Waals surface area contributed by atoms with Crippen molar-refractivity contribution in [3.8, 4) is 0 Å². The fourth-order valence-corrected chi connectivity index (χ4v) is 2.29. The molecule has 88 valence electrons. The average molecular weight is 332 g/mol. The van der Waals surface area contributed by atoms with Gasteiger partial charge in [0.2, 0.25) is 5.95 Å². The molecular weight excluding hydrogens is 315 g/mol. The van der Waals surface area contributed by atoms with E-state index in [4.69, 9.17) is 0 Å². The minimum absolute atomic E-state index is 0.622. The molecule has 0 amide bonds. The molecule has 0 aromatic carbocycles. The Morgan fingerprint density at radius 1 is 1.44 bits per heavy atom. The standard InChI is InChI=1S/C11H17IN4/c1-16-5-3-2-4-10(16)8-15-11-13-6-9(12)7-14-11/h6-7,10H,2-5,8H2,1H3,(H,13,14,15). The van der Waals surface area contributed by atoms with Crippen LogP contribution in [0.2, 0.25) is 0 Å². The summed E-state index contributed by atoms with van der Waals surface area (Å²) in [7, 11) is 2.19. The highest BCUT2D eigenvalue weighted by atomic mass is 127. The Morgan fingerprint density at radius 2 is 2.19 bits per heavy atom. The molecule has 1 atom stereocenters. The van der Waals surface area contributed by atoms with E-state index in [0.717, 1.165) is 16.1 Å². The van der Waals surface area contributed by atoms with Crippen molar-refractivity contribution in [1.29, 1.82) is 0 Å². The molecule has 1 unspecified atom stereocenters. The molecule has 1 N–H and O–H groups in total. The van der Waals surface area contributed by atoms with E-state index in [9.17, 15) is 0 Å². The van der Waals surface area contributed by atoms with Crippen LogP contribution in [0.4, 0.5) is 5.95 Å². The van der Waals surface area contributed by atoms with Gasteiger partial charge in [0.25, 0.3) is 0 Å². The maximum Gasteiger partial charge on any atom is 0.222 e. The third-order valence-electron chi connectivity index (χ3n) is 3.04. The first-order chi connectivity index (χ1) is 7.75. The lowest BCUT2D eigenvalue weighted by molar-refractivity contribution is 0.194. The lowest BCUT2D eigenvalue weighted by Crippen LogP contribution is -2.40. The minimum atomic E-state index is 0.622. The number of halogens is 1. The van der Waals surface area contributed by atoms with E-state index in [1.54, 1.807) is 0 Å². The van der Waals surface area contributed by atoms with E-state index in [0.29, 0.717) is 6.04 Å². The van der Waals surface area contributed by atoms with Crippen LogP contribution in [0.5, 0.6) is 0 Å². The third kappa shape index (κ3) is 3.28. The summed E-state index contributed by atoms with van der Waals surface area (Å²) in [6, 6.07) is 0.622. The molecule has 1 aromatic rings. The number of rotatable bonds is 3. The second-order valence-corrected chi connectivity index (χ2v) is 5.48. The van der Waals surface area contributed by atoms with Gasteiger partial charge in [-0.25, -0.2) is 9.97 Å². The second kappa shape index (κ2) is 5.77. The first-order valence-corrected chi connectivity index (χ1v) is 6.75. The average Bonchev–Trinajstić information content (AvgIpc) is 2.30. The highest BCUT2D eigenvalue weighted by Gasteiger charge is 2.18. The Morgan fingerprint density at radius 3 is 2.88 bits per heavy atom. The van der Waals surface area contributed by atoms with Crippen molar-refractivity contribution in [2.45, 2.75) is 25.3 Å². The maximum absolute atomic E-state index is 4.24. The van der Waals surface area contributed by atoms with Crippen molar-refractivity contribution >= 4 is 28.5 Å². The summed E-state index contributed by atoms with van der Waals surface area (Å²) in [5.74, 6) is 0.736. The quantitative estimate of drug-likeness (QED) is 0.860. The second-order valence-electron chi connectivity index (χ2n) is 4.24.